The van der Waals surface area contributed by atoms with Gasteiger partial charge in [0.05, 0.1) is 6.04 Å². The third-order valence-corrected chi connectivity index (χ3v) is 5.69. The zero-order valence-electron chi connectivity index (χ0n) is 15.3. The Morgan fingerprint density at radius 2 is 1.96 bits per heavy atom. The minimum atomic E-state index is -0.406. The van der Waals surface area contributed by atoms with Crippen LogP contribution in [-0.4, -0.2) is 29.0 Å². The lowest BCUT2D eigenvalue weighted by atomic mass is 9.91. The Kier molecular flexibility index (Phi) is 4.97. The summed E-state index contributed by atoms with van der Waals surface area (Å²) in [5.74, 6) is 0.378. The van der Waals surface area contributed by atoms with Crippen LogP contribution in [-0.2, 0) is 15.2 Å². The number of fused-ring (bicyclic) bond motifs is 1. The Labute approximate surface area is 145 Å². The number of carbonyl (C=O) groups excluding carboxylic acids is 1. The number of nitrogens with zero attached hydrogens (tertiary/aromatic N) is 1. The third-order valence-electron chi connectivity index (χ3n) is 5.69. The smallest absolute Gasteiger partial charge is 0.136 e. The molecule has 1 aromatic rings. The van der Waals surface area contributed by atoms with Crippen molar-refractivity contribution in [1.82, 2.24) is 5.06 Å². The van der Waals surface area contributed by atoms with Gasteiger partial charge in [-0.1, -0.05) is 38.5 Å². The zero-order chi connectivity index (χ0) is 17.3. The van der Waals surface area contributed by atoms with Crippen molar-refractivity contribution in [3.8, 4) is 0 Å². The maximum absolute atomic E-state index is 12.1. The number of Topliss-reactive ketones (excluding diaryl/α,β-unsaturated/α-hetero) is 1. The Bertz CT molecular complexity index is 603. The second kappa shape index (κ2) is 6.85. The van der Waals surface area contributed by atoms with E-state index in [9.17, 15) is 4.79 Å². The molecule has 4 heteroatoms. The van der Waals surface area contributed by atoms with Crippen LogP contribution in [0.5, 0.6) is 0 Å². The molecule has 4 unspecified atom stereocenters. The van der Waals surface area contributed by atoms with Crippen molar-refractivity contribution >= 4 is 11.5 Å². The number of hydrogen-bond acceptors (Lipinski definition) is 4. The molecule has 1 fully saturated rings. The second-order valence-electron chi connectivity index (χ2n) is 7.42. The average molecular weight is 330 g/mol. The van der Waals surface area contributed by atoms with E-state index in [0.29, 0.717) is 18.6 Å². The predicted octanol–water partition coefficient (Wildman–Crippen LogP) is 4.26. The number of rotatable bonds is 5. The summed E-state index contributed by atoms with van der Waals surface area (Å²) in [6.45, 7) is 8.66. The number of ketones is 1. The van der Waals surface area contributed by atoms with Crippen LogP contribution in [0.2, 0.25) is 0 Å². The van der Waals surface area contributed by atoms with Crippen molar-refractivity contribution in [2.45, 2.75) is 83.5 Å². The maximum Gasteiger partial charge on any atom is 0.136 e. The first-order chi connectivity index (χ1) is 11.5. The summed E-state index contributed by atoms with van der Waals surface area (Å²) in [4.78, 5) is 18.9. The number of hydrogen-bond donors (Lipinski definition) is 1. The third kappa shape index (κ3) is 2.98. The standard InChI is InChI=1S/C20H30N2O2/c1-5-9-16-13-17(23)12-15(6-2)22(16)24-20(4)14(3)21-19-11-8-7-10-18(19)20/h7-8,10-11,14-16,21H,5-6,9,12-13H2,1-4H3. The normalized spacial score (nSPS) is 33.3. The number of carbonyl (C=O) groups is 1. The summed E-state index contributed by atoms with van der Waals surface area (Å²) in [6.07, 6.45) is 4.22. The summed E-state index contributed by atoms with van der Waals surface area (Å²) in [5, 5.41) is 5.72. The molecule has 0 radical (unpaired) electrons. The molecular weight excluding hydrogens is 300 g/mol. The molecule has 0 aromatic heterocycles. The van der Waals surface area contributed by atoms with Crippen molar-refractivity contribution in [3.63, 3.8) is 0 Å². The number of anilines is 1. The Hall–Kier alpha value is -1.39. The molecule has 132 valence electrons. The average Bonchev–Trinajstić information content (AvgIpc) is 2.81. The molecular formula is C20H30N2O2. The minimum Gasteiger partial charge on any atom is -0.379 e. The van der Waals surface area contributed by atoms with Gasteiger partial charge in [-0.3, -0.25) is 9.63 Å². The maximum atomic E-state index is 12.1. The van der Waals surface area contributed by atoms with E-state index in [4.69, 9.17) is 4.84 Å². The lowest BCUT2D eigenvalue weighted by molar-refractivity contribution is -0.293. The topological polar surface area (TPSA) is 41.6 Å². The first-order valence-corrected chi connectivity index (χ1v) is 9.34. The number of nitrogens with one attached hydrogen (secondary N) is 1. The molecule has 0 saturated carbocycles. The summed E-state index contributed by atoms with van der Waals surface area (Å²) in [6, 6.07) is 8.95. The first-order valence-electron chi connectivity index (χ1n) is 9.34. The fourth-order valence-corrected chi connectivity index (χ4v) is 4.12. The monoisotopic (exact) mass is 330 g/mol. The quantitative estimate of drug-likeness (QED) is 0.876. The first kappa shape index (κ1) is 17.4. The highest BCUT2D eigenvalue weighted by atomic mass is 16.7. The molecule has 0 amide bonds. The molecule has 3 rings (SSSR count). The van der Waals surface area contributed by atoms with Crippen LogP contribution in [0.3, 0.4) is 0 Å². The summed E-state index contributed by atoms with van der Waals surface area (Å²) < 4.78 is 0. The molecule has 1 N–H and O–H groups in total. The second-order valence-corrected chi connectivity index (χ2v) is 7.42. The van der Waals surface area contributed by atoms with Gasteiger partial charge in [0.25, 0.3) is 0 Å². The molecule has 2 aliphatic rings. The number of para-hydroxylation sites is 1. The van der Waals surface area contributed by atoms with Crippen molar-refractivity contribution in [3.05, 3.63) is 29.8 Å². The predicted molar refractivity (Wildman–Crippen MR) is 96.8 cm³/mol. The summed E-state index contributed by atoms with van der Waals surface area (Å²) in [7, 11) is 0. The van der Waals surface area contributed by atoms with E-state index in [-0.39, 0.29) is 18.1 Å². The van der Waals surface area contributed by atoms with E-state index in [1.54, 1.807) is 0 Å². The molecule has 2 heterocycles. The van der Waals surface area contributed by atoms with Gasteiger partial charge in [-0.15, -0.1) is 0 Å². The van der Waals surface area contributed by atoms with E-state index in [1.165, 1.54) is 5.56 Å². The van der Waals surface area contributed by atoms with Gasteiger partial charge in [0.1, 0.15) is 11.4 Å². The van der Waals surface area contributed by atoms with Crippen LogP contribution < -0.4 is 5.32 Å². The minimum absolute atomic E-state index is 0.180. The van der Waals surface area contributed by atoms with E-state index in [0.717, 1.165) is 24.9 Å². The molecule has 4 nitrogen and oxygen atoms in total. The van der Waals surface area contributed by atoms with Crippen molar-refractivity contribution in [2.24, 2.45) is 0 Å². The summed E-state index contributed by atoms with van der Waals surface area (Å²) >= 11 is 0. The van der Waals surface area contributed by atoms with E-state index < -0.39 is 5.60 Å². The van der Waals surface area contributed by atoms with Crippen molar-refractivity contribution < 1.29 is 9.63 Å². The molecule has 2 aliphatic heterocycles. The van der Waals surface area contributed by atoms with Gasteiger partial charge in [0.2, 0.25) is 0 Å². The lowest BCUT2D eigenvalue weighted by Crippen LogP contribution is -2.54. The number of hydroxylamine groups is 2. The molecule has 1 saturated heterocycles. The molecule has 0 bridgehead atoms. The lowest BCUT2D eigenvalue weighted by Gasteiger charge is -2.45. The van der Waals surface area contributed by atoms with E-state index >= 15 is 0 Å². The largest absolute Gasteiger partial charge is 0.379 e. The van der Waals surface area contributed by atoms with Gasteiger partial charge in [0.15, 0.2) is 0 Å². The zero-order valence-corrected chi connectivity index (χ0v) is 15.3. The fraction of sp³-hybridized carbons (Fsp3) is 0.650. The number of piperidine rings is 1. The van der Waals surface area contributed by atoms with Gasteiger partial charge in [-0.05, 0) is 32.8 Å². The molecule has 1 aromatic carbocycles. The molecule has 4 atom stereocenters. The van der Waals surface area contributed by atoms with E-state index in [2.05, 4.69) is 62.3 Å². The van der Waals surface area contributed by atoms with Crippen LogP contribution in [0.15, 0.2) is 24.3 Å². The van der Waals surface area contributed by atoms with Gasteiger partial charge >= 0.3 is 0 Å². The fourth-order valence-electron chi connectivity index (χ4n) is 4.12. The van der Waals surface area contributed by atoms with Gasteiger partial charge < -0.3 is 5.32 Å². The van der Waals surface area contributed by atoms with Crippen molar-refractivity contribution in [1.29, 1.82) is 0 Å². The van der Waals surface area contributed by atoms with E-state index in [1.807, 2.05) is 0 Å². The molecule has 24 heavy (non-hydrogen) atoms. The highest BCUT2D eigenvalue weighted by Crippen LogP contribution is 2.44. The van der Waals surface area contributed by atoms with Crippen LogP contribution in [0, 0.1) is 0 Å². The van der Waals surface area contributed by atoms with Crippen LogP contribution >= 0.6 is 0 Å². The van der Waals surface area contributed by atoms with Crippen molar-refractivity contribution in [2.75, 3.05) is 5.32 Å². The highest BCUT2D eigenvalue weighted by molar-refractivity contribution is 5.80. The Morgan fingerprint density at radius 1 is 1.25 bits per heavy atom. The molecule has 0 aliphatic carbocycles. The van der Waals surface area contributed by atoms with Gasteiger partial charge in [0, 0.05) is 36.2 Å². The SMILES string of the molecule is CCCC1CC(=O)CC(CC)N1OC1(C)c2ccccc2NC1C. The number of benzene rings is 1. The van der Waals surface area contributed by atoms with Gasteiger partial charge in [-0.2, -0.15) is 5.06 Å². The Balaban J connectivity index is 1.90. The highest BCUT2D eigenvalue weighted by Gasteiger charge is 2.46. The van der Waals surface area contributed by atoms with Crippen LogP contribution in [0.4, 0.5) is 5.69 Å². The summed E-state index contributed by atoms with van der Waals surface area (Å²) in [5.41, 5.74) is 1.95. The van der Waals surface area contributed by atoms with Crippen LogP contribution in [0.25, 0.3) is 0 Å². The van der Waals surface area contributed by atoms with Crippen LogP contribution in [0.1, 0.15) is 65.4 Å². The Morgan fingerprint density at radius 3 is 2.67 bits per heavy atom. The van der Waals surface area contributed by atoms with Gasteiger partial charge in [-0.25, -0.2) is 0 Å². The molecule has 0 spiro atoms.